The number of nitrogens with one attached hydrogen (secondary N) is 1. The summed E-state index contributed by atoms with van der Waals surface area (Å²) < 4.78 is 12.2. The summed E-state index contributed by atoms with van der Waals surface area (Å²) >= 11 is 1.52. The van der Waals surface area contributed by atoms with Gasteiger partial charge in [0.25, 0.3) is 5.91 Å². The molecule has 0 bridgehead atoms. The first-order valence-corrected chi connectivity index (χ1v) is 8.04. The van der Waals surface area contributed by atoms with Gasteiger partial charge in [0.15, 0.2) is 11.5 Å². The largest absolute Gasteiger partial charge is 0.467 e. The van der Waals surface area contributed by atoms with Crippen LogP contribution in [0.3, 0.4) is 0 Å². The van der Waals surface area contributed by atoms with Gasteiger partial charge in [-0.25, -0.2) is 4.68 Å². The van der Waals surface area contributed by atoms with E-state index < -0.39 is 0 Å². The van der Waals surface area contributed by atoms with Gasteiger partial charge < -0.3 is 14.3 Å². The molecule has 7 nitrogen and oxygen atoms in total. The van der Waals surface area contributed by atoms with Crippen LogP contribution in [0.2, 0.25) is 0 Å². The maximum absolute atomic E-state index is 12.4. The van der Waals surface area contributed by atoms with Gasteiger partial charge >= 0.3 is 0 Å². The zero-order valence-corrected chi connectivity index (χ0v) is 13.2. The Labute approximate surface area is 140 Å². The Bertz CT molecular complexity index is 938. The first kappa shape index (κ1) is 14.5. The number of amides is 1. The highest BCUT2D eigenvalue weighted by molar-refractivity contribution is 7.13. The third kappa shape index (κ3) is 2.86. The molecule has 0 aliphatic rings. The molecule has 4 aromatic rings. The molecule has 120 valence electrons. The Balaban J connectivity index is 1.50. The maximum Gasteiger partial charge on any atom is 0.279 e. The van der Waals surface area contributed by atoms with Gasteiger partial charge in [0.2, 0.25) is 0 Å². The monoisotopic (exact) mass is 340 g/mol. The second-order valence-electron chi connectivity index (χ2n) is 4.96. The Hall–Kier alpha value is -3.13. The molecule has 24 heavy (non-hydrogen) atoms. The van der Waals surface area contributed by atoms with Crippen molar-refractivity contribution in [2.75, 3.05) is 5.32 Å². The van der Waals surface area contributed by atoms with E-state index in [1.807, 2.05) is 23.6 Å². The topological polar surface area (TPSA) is 86.1 Å². The molecule has 4 heterocycles. The van der Waals surface area contributed by atoms with Crippen molar-refractivity contribution in [3.8, 4) is 10.6 Å². The minimum absolute atomic E-state index is 0.212. The second kappa shape index (κ2) is 6.17. The number of carbonyl (C=O) groups is 1. The fourth-order valence-corrected chi connectivity index (χ4v) is 2.89. The van der Waals surface area contributed by atoms with Crippen molar-refractivity contribution in [1.82, 2.24) is 14.9 Å². The second-order valence-corrected chi connectivity index (χ2v) is 5.91. The van der Waals surface area contributed by atoms with Crippen LogP contribution >= 0.6 is 11.3 Å². The molecule has 4 aromatic heterocycles. The first-order chi connectivity index (χ1) is 11.8. The van der Waals surface area contributed by atoms with Crippen molar-refractivity contribution in [2.24, 2.45) is 0 Å². The summed E-state index contributed by atoms with van der Waals surface area (Å²) in [6.07, 6.45) is 3.21. The summed E-state index contributed by atoms with van der Waals surface area (Å²) in [6.45, 7) is 0.425. The summed E-state index contributed by atoms with van der Waals surface area (Å²) in [7, 11) is 0. The number of rotatable bonds is 5. The van der Waals surface area contributed by atoms with E-state index >= 15 is 0 Å². The van der Waals surface area contributed by atoms with Gasteiger partial charge in [0.1, 0.15) is 18.1 Å². The van der Waals surface area contributed by atoms with Gasteiger partial charge in [-0.1, -0.05) is 11.2 Å². The lowest BCUT2D eigenvalue weighted by atomic mass is 10.3. The normalized spacial score (nSPS) is 10.8. The third-order valence-corrected chi connectivity index (χ3v) is 4.24. The summed E-state index contributed by atoms with van der Waals surface area (Å²) in [5.74, 6) is 1.51. The standard InChI is InChI=1S/C16H12N4O3S/c21-16(12-9-13(23-19-12)14-4-2-8-24-14)18-15-5-6-17-20(15)10-11-3-1-7-22-11/h1-9H,10H2,(H,18,21). The molecule has 0 atom stereocenters. The van der Waals surface area contributed by atoms with Crippen LogP contribution in [0.1, 0.15) is 16.2 Å². The van der Waals surface area contributed by atoms with E-state index in [1.165, 1.54) is 11.3 Å². The van der Waals surface area contributed by atoms with E-state index in [4.69, 9.17) is 8.94 Å². The average molecular weight is 340 g/mol. The Morgan fingerprint density at radius 3 is 3.04 bits per heavy atom. The molecule has 4 rings (SSSR count). The average Bonchev–Trinajstić information content (AvgIpc) is 3.37. The van der Waals surface area contributed by atoms with Crippen molar-refractivity contribution in [3.05, 3.63) is 65.7 Å². The van der Waals surface area contributed by atoms with Crippen LogP contribution in [0, 0.1) is 0 Å². The number of hydrogen-bond donors (Lipinski definition) is 1. The fourth-order valence-electron chi connectivity index (χ4n) is 2.21. The number of hydrogen-bond acceptors (Lipinski definition) is 6. The Morgan fingerprint density at radius 1 is 1.29 bits per heavy atom. The van der Waals surface area contributed by atoms with Crippen molar-refractivity contribution >= 4 is 23.1 Å². The van der Waals surface area contributed by atoms with Gasteiger partial charge in [-0.05, 0) is 23.6 Å². The van der Waals surface area contributed by atoms with E-state index in [9.17, 15) is 4.79 Å². The van der Waals surface area contributed by atoms with Gasteiger partial charge in [0, 0.05) is 12.1 Å². The number of thiophene rings is 1. The minimum atomic E-state index is -0.359. The summed E-state index contributed by atoms with van der Waals surface area (Å²) in [5.41, 5.74) is 0.212. The highest BCUT2D eigenvalue weighted by atomic mass is 32.1. The zero-order valence-electron chi connectivity index (χ0n) is 12.4. The highest BCUT2D eigenvalue weighted by Crippen LogP contribution is 2.25. The van der Waals surface area contributed by atoms with Crippen molar-refractivity contribution < 1.29 is 13.7 Å². The molecule has 8 heteroatoms. The number of carbonyl (C=O) groups excluding carboxylic acids is 1. The molecule has 0 aromatic carbocycles. The molecule has 1 amide bonds. The smallest absolute Gasteiger partial charge is 0.279 e. The number of anilines is 1. The van der Waals surface area contributed by atoms with Gasteiger partial charge in [0.05, 0.1) is 17.3 Å². The lowest BCUT2D eigenvalue weighted by Crippen LogP contribution is -2.16. The summed E-state index contributed by atoms with van der Waals surface area (Å²) in [4.78, 5) is 13.3. The van der Waals surface area contributed by atoms with Gasteiger partial charge in [-0.3, -0.25) is 4.79 Å². The lowest BCUT2D eigenvalue weighted by molar-refractivity contribution is 0.101. The molecule has 0 aliphatic carbocycles. The maximum atomic E-state index is 12.4. The van der Waals surface area contributed by atoms with Crippen LogP contribution in [-0.4, -0.2) is 20.8 Å². The predicted molar refractivity (Wildman–Crippen MR) is 87.8 cm³/mol. The molecule has 0 unspecified atom stereocenters. The van der Waals surface area contributed by atoms with Crippen LogP contribution in [-0.2, 0) is 6.54 Å². The van der Waals surface area contributed by atoms with Crippen molar-refractivity contribution in [2.45, 2.75) is 6.54 Å². The molecular weight excluding hydrogens is 328 g/mol. The number of furan rings is 1. The van der Waals surface area contributed by atoms with Crippen LogP contribution in [0.5, 0.6) is 0 Å². The van der Waals surface area contributed by atoms with E-state index in [2.05, 4.69) is 15.6 Å². The van der Waals surface area contributed by atoms with Crippen LogP contribution in [0.15, 0.2) is 63.2 Å². The summed E-state index contributed by atoms with van der Waals surface area (Å²) in [5, 5.41) is 12.7. The van der Waals surface area contributed by atoms with Gasteiger partial charge in [-0.2, -0.15) is 5.10 Å². The predicted octanol–water partition coefficient (Wildman–Crippen LogP) is 3.49. The summed E-state index contributed by atoms with van der Waals surface area (Å²) in [6, 6.07) is 10.8. The number of aromatic nitrogens is 3. The van der Waals surface area contributed by atoms with E-state index in [-0.39, 0.29) is 11.6 Å². The molecule has 0 aliphatic heterocycles. The van der Waals surface area contributed by atoms with E-state index in [0.717, 1.165) is 10.6 Å². The van der Waals surface area contributed by atoms with Crippen molar-refractivity contribution in [3.63, 3.8) is 0 Å². The first-order valence-electron chi connectivity index (χ1n) is 7.16. The lowest BCUT2D eigenvalue weighted by Gasteiger charge is -2.06. The Morgan fingerprint density at radius 2 is 2.25 bits per heavy atom. The molecule has 0 radical (unpaired) electrons. The van der Waals surface area contributed by atoms with Crippen LogP contribution in [0.4, 0.5) is 5.82 Å². The van der Waals surface area contributed by atoms with Crippen LogP contribution in [0.25, 0.3) is 10.6 Å². The molecule has 0 fully saturated rings. The van der Waals surface area contributed by atoms with Crippen molar-refractivity contribution in [1.29, 1.82) is 0 Å². The van der Waals surface area contributed by atoms with Gasteiger partial charge in [-0.15, -0.1) is 11.3 Å². The minimum Gasteiger partial charge on any atom is -0.467 e. The van der Waals surface area contributed by atoms with Crippen LogP contribution < -0.4 is 5.32 Å². The quantitative estimate of drug-likeness (QED) is 0.601. The number of nitrogens with zero attached hydrogens (tertiary/aromatic N) is 3. The highest BCUT2D eigenvalue weighted by Gasteiger charge is 2.16. The fraction of sp³-hybridized carbons (Fsp3) is 0.0625. The van der Waals surface area contributed by atoms with E-state index in [1.54, 1.807) is 35.3 Å². The molecule has 1 N–H and O–H groups in total. The SMILES string of the molecule is O=C(Nc1ccnn1Cc1ccco1)c1cc(-c2cccs2)on1. The Kier molecular flexibility index (Phi) is 3.72. The molecule has 0 saturated carbocycles. The third-order valence-electron chi connectivity index (χ3n) is 3.35. The molecule has 0 saturated heterocycles. The van der Waals surface area contributed by atoms with E-state index in [0.29, 0.717) is 18.1 Å². The zero-order chi connectivity index (χ0) is 16.4. The molecule has 0 spiro atoms. The molecular formula is C16H12N4O3S.